The fourth-order valence-electron chi connectivity index (χ4n) is 2.86. The predicted molar refractivity (Wildman–Crippen MR) is 109 cm³/mol. The molecule has 142 valence electrons. The van der Waals surface area contributed by atoms with Crippen LogP contribution < -0.4 is 20.1 Å². The third kappa shape index (κ3) is 3.39. The normalized spacial score (nSPS) is 10.7. The van der Waals surface area contributed by atoms with Gasteiger partial charge in [-0.15, -0.1) is 0 Å². The number of methoxy groups -OCH3 is 2. The first-order valence-corrected chi connectivity index (χ1v) is 8.69. The van der Waals surface area contributed by atoms with E-state index in [2.05, 4.69) is 25.7 Å². The number of para-hydroxylation sites is 1. The standard InChI is InChI=1S/C20H20N6O2/c1-26-19-15(12-21-26)18(22-13-7-5-4-6-8-13)24-20(25-19)23-16-11-14(27-2)9-10-17(16)28-3/h4-12H,1-3H3,(H2,22,23,24,25). The third-order valence-corrected chi connectivity index (χ3v) is 4.28. The predicted octanol–water partition coefficient (Wildman–Crippen LogP) is 3.87. The van der Waals surface area contributed by atoms with Gasteiger partial charge in [0.25, 0.3) is 0 Å². The summed E-state index contributed by atoms with van der Waals surface area (Å²) in [4.78, 5) is 9.26. The van der Waals surface area contributed by atoms with Gasteiger partial charge in [0, 0.05) is 18.8 Å². The Morgan fingerprint density at radius 3 is 2.50 bits per heavy atom. The van der Waals surface area contributed by atoms with Gasteiger partial charge in [-0.25, -0.2) is 0 Å². The number of aryl methyl sites for hydroxylation is 1. The second-order valence-electron chi connectivity index (χ2n) is 6.08. The van der Waals surface area contributed by atoms with Gasteiger partial charge in [0.1, 0.15) is 17.3 Å². The number of hydrogen-bond donors (Lipinski definition) is 2. The lowest BCUT2D eigenvalue weighted by molar-refractivity contribution is 0.405. The van der Waals surface area contributed by atoms with Gasteiger partial charge in [0.15, 0.2) is 5.65 Å². The first-order valence-electron chi connectivity index (χ1n) is 8.69. The lowest BCUT2D eigenvalue weighted by atomic mass is 10.2. The van der Waals surface area contributed by atoms with Crippen LogP contribution in [0.15, 0.2) is 54.7 Å². The maximum absolute atomic E-state index is 5.43. The zero-order valence-corrected chi connectivity index (χ0v) is 15.8. The van der Waals surface area contributed by atoms with Crippen molar-refractivity contribution in [2.24, 2.45) is 7.05 Å². The summed E-state index contributed by atoms with van der Waals surface area (Å²) >= 11 is 0. The molecule has 0 aliphatic heterocycles. The zero-order chi connectivity index (χ0) is 19.5. The molecule has 0 spiro atoms. The fraction of sp³-hybridized carbons (Fsp3) is 0.150. The van der Waals surface area contributed by atoms with Crippen molar-refractivity contribution in [3.05, 3.63) is 54.7 Å². The molecule has 4 rings (SSSR count). The van der Waals surface area contributed by atoms with Crippen LogP contribution in [-0.2, 0) is 7.05 Å². The lowest BCUT2D eigenvalue weighted by Crippen LogP contribution is -2.04. The average molecular weight is 376 g/mol. The molecule has 0 saturated heterocycles. The monoisotopic (exact) mass is 376 g/mol. The molecule has 0 fully saturated rings. The van der Waals surface area contributed by atoms with E-state index >= 15 is 0 Å². The summed E-state index contributed by atoms with van der Waals surface area (Å²) in [6.07, 6.45) is 1.75. The topological polar surface area (TPSA) is 86.1 Å². The average Bonchev–Trinajstić information content (AvgIpc) is 3.10. The highest BCUT2D eigenvalue weighted by Crippen LogP contribution is 2.32. The molecule has 2 aromatic carbocycles. The van der Waals surface area contributed by atoms with Gasteiger partial charge < -0.3 is 20.1 Å². The van der Waals surface area contributed by atoms with E-state index in [4.69, 9.17) is 9.47 Å². The minimum atomic E-state index is 0.418. The highest BCUT2D eigenvalue weighted by molar-refractivity contribution is 5.89. The largest absolute Gasteiger partial charge is 0.497 e. The van der Waals surface area contributed by atoms with E-state index in [1.807, 2.05) is 55.6 Å². The van der Waals surface area contributed by atoms with Crippen LogP contribution in [0.1, 0.15) is 0 Å². The molecule has 0 radical (unpaired) electrons. The van der Waals surface area contributed by atoms with Crippen LogP contribution in [0.4, 0.5) is 23.1 Å². The fourth-order valence-corrected chi connectivity index (χ4v) is 2.86. The second-order valence-corrected chi connectivity index (χ2v) is 6.08. The molecular weight excluding hydrogens is 356 g/mol. The molecule has 0 atom stereocenters. The summed E-state index contributed by atoms with van der Waals surface area (Å²) in [6.45, 7) is 0. The molecule has 2 heterocycles. The molecule has 2 N–H and O–H groups in total. The van der Waals surface area contributed by atoms with Gasteiger partial charge in [0.2, 0.25) is 5.95 Å². The van der Waals surface area contributed by atoms with Crippen LogP contribution >= 0.6 is 0 Å². The minimum Gasteiger partial charge on any atom is -0.497 e. The van der Waals surface area contributed by atoms with Crippen LogP contribution in [0.2, 0.25) is 0 Å². The Bertz CT molecular complexity index is 1110. The second kappa shape index (κ2) is 7.43. The van der Waals surface area contributed by atoms with Crippen LogP contribution in [0.3, 0.4) is 0 Å². The molecular formula is C20H20N6O2. The number of anilines is 4. The van der Waals surface area contributed by atoms with Crippen LogP contribution in [0.25, 0.3) is 11.0 Å². The molecule has 8 nitrogen and oxygen atoms in total. The summed E-state index contributed by atoms with van der Waals surface area (Å²) < 4.78 is 12.5. The van der Waals surface area contributed by atoms with E-state index in [9.17, 15) is 0 Å². The number of aromatic nitrogens is 4. The number of nitrogens with one attached hydrogen (secondary N) is 2. The molecule has 2 aromatic heterocycles. The Morgan fingerprint density at radius 2 is 1.75 bits per heavy atom. The highest BCUT2D eigenvalue weighted by atomic mass is 16.5. The van der Waals surface area contributed by atoms with Gasteiger partial charge >= 0.3 is 0 Å². The summed E-state index contributed by atoms with van der Waals surface area (Å²) in [5.74, 6) is 2.44. The summed E-state index contributed by atoms with van der Waals surface area (Å²) in [6, 6.07) is 15.3. The maximum atomic E-state index is 5.43. The molecule has 0 aliphatic carbocycles. The van der Waals surface area contributed by atoms with Crippen LogP contribution in [0.5, 0.6) is 11.5 Å². The highest BCUT2D eigenvalue weighted by Gasteiger charge is 2.14. The zero-order valence-electron chi connectivity index (χ0n) is 15.8. The van der Waals surface area contributed by atoms with Crippen molar-refractivity contribution >= 4 is 34.2 Å². The van der Waals surface area contributed by atoms with Gasteiger partial charge in [-0.1, -0.05) is 18.2 Å². The van der Waals surface area contributed by atoms with Crippen LogP contribution in [0, 0.1) is 0 Å². The smallest absolute Gasteiger partial charge is 0.231 e. The van der Waals surface area contributed by atoms with E-state index in [0.29, 0.717) is 34.6 Å². The Morgan fingerprint density at radius 1 is 0.929 bits per heavy atom. The van der Waals surface area contributed by atoms with Gasteiger partial charge in [-0.05, 0) is 24.3 Å². The van der Waals surface area contributed by atoms with Gasteiger partial charge in [-0.3, -0.25) is 4.68 Å². The molecule has 0 aliphatic rings. The summed E-state index contributed by atoms with van der Waals surface area (Å²) in [5.41, 5.74) is 2.34. The number of rotatable bonds is 6. The van der Waals surface area contributed by atoms with E-state index in [1.165, 1.54) is 0 Å². The maximum Gasteiger partial charge on any atom is 0.231 e. The van der Waals surface area contributed by atoms with E-state index in [1.54, 1.807) is 25.1 Å². The van der Waals surface area contributed by atoms with Crippen molar-refractivity contribution in [3.8, 4) is 11.5 Å². The molecule has 0 unspecified atom stereocenters. The number of benzene rings is 2. The third-order valence-electron chi connectivity index (χ3n) is 4.28. The Kier molecular flexibility index (Phi) is 4.67. The van der Waals surface area contributed by atoms with Gasteiger partial charge in [-0.2, -0.15) is 15.1 Å². The Labute approximate surface area is 162 Å². The minimum absolute atomic E-state index is 0.418. The Hall–Kier alpha value is -3.81. The number of hydrogen-bond acceptors (Lipinski definition) is 7. The first-order chi connectivity index (χ1) is 13.7. The molecule has 4 aromatic rings. The van der Waals surface area contributed by atoms with Gasteiger partial charge in [0.05, 0.1) is 31.5 Å². The first kappa shape index (κ1) is 17.6. The van der Waals surface area contributed by atoms with Crippen molar-refractivity contribution in [2.75, 3.05) is 24.9 Å². The van der Waals surface area contributed by atoms with Crippen molar-refractivity contribution < 1.29 is 9.47 Å². The van der Waals surface area contributed by atoms with E-state index in [-0.39, 0.29) is 0 Å². The number of nitrogens with zero attached hydrogens (tertiary/aromatic N) is 4. The molecule has 0 amide bonds. The van der Waals surface area contributed by atoms with E-state index in [0.717, 1.165) is 11.1 Å². The molecule has 0 saturated carbocycles. The lowest BCUT2D eigenvalue weighted by Gasteiger charge is -2.13. The van der Waals surface area contributed by atoms with Crippen molar-refractivity contribution in [3.63, 3.8) is 0 Å². The molecule has 28 heavy (non-hydrogen) atoms. The van der Waals surface area contributed by atoms with Crippen molar-refractivity contribution in [1.82, 2.24) is 19.7 Å². The number of fused-ring (bicyclic) bond motifs is 1. The van der Waals surface area contributed by atoms with Crippen molar-refractivity contribution in [1.29, 1.82) is 0 Å². The van der Waals surface area contributed by atoms with Crippen LogP contribution in [-0.4, -0.2) is 34.0 Å². The summed E-state index contributed by atoms with van der Waals surface area (Å²) in [5, 5.41) is 11.7. The molecule has 0 bridgehead atoms. The molecule has 8 heteroatoms. The van der Waals surface area contributed by atoms with Crippen molar-refractivity contribution in [2.45, 2.75) is 0 Å². The van der Waals surface area contributed by atoms with E-state index < -0.39 is 0 Å². The summed E-state index contributed by atoms with van der Waals surface area (Å²) in [7, 11) is 5.07. The SMILES string of the molecule is COc1ccc(OC)c(Nc2nc(Nc3ccccc3)c3cnn(C)c3n2)c1. The Balaban J connectivity index is 1.77. The number of ether oxygens (including phenoxy) is 2. The quantitative estimate of drug-likeness (QED) is 0.528.